The molecule has 1 aromatic carbocycles. The summed E-state index contributed by atoms with van der Waals surface area (Å²) in [6.07, 6.45) is 4.76. The fourth-order valence-corrected chi connectivity index (χ4v) is 3.68. The molecule has 2 heterocycles. The molecule has 24 heavy (non-hydrogen) atoms. The van der Waals surface area contributed by atoms with Crippen LogP contribution in [0.2, 0.25) is 5.02 Å². The van der Waals surface area contributed by atoms with Gasteiger partial charge in [-0.25, -0.2) is 0 Å². The van der Waals surface area contributed by atoms with E-state index in [1.165, 1.54) is 17.6 Å². The number of aliphatic hydroxyl groups is 1. The zero-order valence-electron chi connectivity index (χ0n) is 14.6. The highest BCUT2D eigenvalue weighted by molar-refractivity contribution is 6.30. The summed E-state index contributed by atoms with van der Waals surface area (Å²) in [6.45, 7) is 5.88. The first-order valence-corrected chi connectivity index (χ1v) is 9.20. The van der Waals surface area contributed by atoms with Gasteiger partial charge in [0.05, 0.1) is 18.2 Å². The van der Waals surface area contributed by atoms with Gasteiger partial charge in [-0.15, -0.1) is 0 Å². The number of hydroxylamine groups is 2. The number of rotatable bonds is 6. The Morgan fingerprint density at radius 1 is 1.21 bits per heavy atom. The summed E-state index contributed by atoms with van der Waals surface area (Å²) in [5.74, 6) is 0. The molecule has 0 spiro atoms. The zero-order valence-corrected chi connectivity index (χ0v) is 15.3. The summed E-state index contributed by atoms with van der Waals surface area (Å²) in [4.78, 5) is 6.12. The number of nitrogens with zero attached hydrogens (tertiary/aromatic N) is 1. The molecule has 0 aliphatic carbocycles. The van der Waals surface area contributed by atoms with Gasteiger partial charge in [0.1, 0.15) is 0 Å². The fraction of sp³-hybridized carbons (Fsp3) is 0.579. The van der Waals surface area contributed by atoms with Crippen LogP contribution in [0, 0.1) is 0 Å². The summed E-state index contributed by atoms with van der Waals surface area (Å²) in [6, 6.07) is 8.83. The number of hydrogen-bond acceptors (Lipinski definition) is 4. The molecule has 2 aliphatic rings. The van der Waals surface area contributed by atoms with Crippen molar-refractivity contribution in [2.24, 2.45) is 0 Å². The maximum absolute atomic E-state index is 9.98. The van der Waals surface area contributed by atoms with Crippen LogP contribution in [-0.2, 0) is 4.84 Å². The number of halogens is 1. The van der Waals surface area contributed by atoms with Gasteiger partial charge in [-0.05, 0) is 63.3 Å². The van der Waals surface area contributed by atoms with Crippen LogP contribution in [0.5, 0.6) is 0 Å². The van der Waals surface area contributed by atoms with E-state index in [2.05, 4.69) is 30.3 Å². The predicted octanol–water partition coefficient (Wildman–Crippen LogP) is 3.60. The molecular formula is C19H27ClN2O2. The topological polar surface area (TPSA) is 44.7 Å². The second-order valence-electron chi connectivity index (χ2n) is 7.11. The van der Waals surface area contributed by atoms with E-state index in [1.807, 2.05) is 24.3 Å². The lowest BCUT2D eigenvalue weighted by molar-refractivity contribution is -0.297. The second-order valence-corrected chi connectivity index (χ2v) is 7.54. The number of benzene rings is 1. The first kappa shape index (κ1) is 17.9. The van der Waals surface area contributed by atoms with Crippen LogP contribution in [0.3, 0.4) is 0 Å². The molecule has 0 aromatic heterocycles. The normalized spacial score (nSPS) is 26.2. The molecule has 1 aromatic rings. The van der Waals surface area contributed by atoms with Crippen molar-refractivity contribution in [1.82, 2.24) is 10.4 Å². The highest BCUT2D eigenvalue weighted by atomic mass is 35.5. The molecule has 2 aliphatic heterocycles. The summed E-state index contributed by atoms with van der Waals surface area (Å²) < 4.78 is 0. The van der Waals surface area contributed by atoms with Crippen LogP contribution in [0.25, 0.3) is 6.08 Å². The second kappa shape index (κ2) is 7.54. The summed E-state index contributed by atoms with van der Waals surface area (Å²) >= 11 is 5.96. The average molecular weight is 351 g/mol. The molecule has 4 atom stereocenters. The molecule has 132 valence electrons. The Hall–Kier alpha value is -0.910. The van der Waals surface area contributed by atoms with Crippen LogP contribution in [0.1, 0.15) is 45.6 Å². The van der Waals surface area contributed by atoms with Gasteiger partial charge in [-0.3, -0.25) is 10.2 Å². The third-order valence-electron chi connectivity index (χ3n) is 4.71. The molecule has 0 saturated carbocycles. The van der Waals surface area contributed by atoms with Gasteiger partial charge in [0.2, 0.25) is 0 Å². The average Bonchev–Trinajstić information content (AvgIpc) is 2.55. The first-order chi connectivity index (χ1) is 11.5. The number of piperidine rings is 1. The van der Waals surface area contributed by atoms with Crippen LogP contribution in [0.15, 0.2) is 29.8 Å². The molecular weight excluding hydrogens is 324 g/mol. The van der Waals surface area contributed by atoms with Crippen molar-refractivity contribution in [1.29, 1.82) is 0 Å². The Bertz CT molecular complexity index is 572. The lowest BCUT2D eigenvalue weighted by Crippen LogP contribution is -2.63. The summed E-state index contributed by atoms with van der Waals surface area (Å²) in [5, 5.41) is 16.1. The van der Waals surface area contributed by atoms with Gasteiger partial charge in [0, 0.05) is 11.1 Å². The Morgan fingerprint density at radius 2 is 1.83 bits per heavy atom. The highest BCUT2D eigenvalue weighted by Crippen LogP contribution is 2.44. The number of fused-ring (bicyclic) bond motifs is 2. The Morgan fingerprint density at radius 3 is 2.38 bits per heavy atom. The standard InChI is InChI=1S/C19H27ClN2O2/c1-12(2)21-19(13(3)23)24-22-17-5-4-6-18(22)16(17)11-14-7-9-15(20)10-8-14/h7-13,17-19,21,23H,4-6H2,1-3H3/t13-,17?,18?,19+/m1/s1. The van der Waals surface area contributed by atoms with E-state index in [-0.39, 0.29) is 12.3 Å². The highest BCUT2D eigenvalue weighted by Gasteiger charge is 2.48. The third kappa shape index (κ3) is 3.84. The predicted molar refractivity (Wildman–Crippen MR) is 97.5 cm³/mol. The van der Waals surface area contributed by atoms with E-state index in [1.54, 1.807) is 6.92 Å². The third-order valence-corrected chi connectivity index (χ3v) is 4.97. The minimum Gasteiger partial charge on any atom is -0.389 e. The quantitative estimate of drug-likeness (QED) is 0.769. The minimum absolute atomic E-state index is 0.259. The van der Waals surface area contributed by atoms with Crippen molar-refractivity contribution in [3.8, 4) is 0 Å². The van der Waals surface area contributed by atoms with E-state index >= 15 is 0 Å². The summed E-state index contributed by atoms with van der Waals surface area (Å²) in [5.41, 5.74) is 2.61. The molecule has 2 N–H and O–H groups in total. The van der Waals surface area contributed by atoms with Gasteiger partial charge in [-0.2, -0.15) is 5.06 Å². The summed E-state index contributed by atoms with van der Waals surface area (Å²) in [7, 11) is 0. The smallest absolute Gasteiger partial charge is 0.156 e. The molecule has 2 saturated heterocycles. The Balaban J connectivity index is 1.71. The minimum atomic E-state index is -0.558. The van der Waals surface area contributed by atoms with Crippen molar-refractivity contribution in [3.05, 3.63) is 40.4 Å². The monoisotopic (exact) mass is 350 g/mol. The van der Waals surface area contributed by atoms with E-state index in [0.717, 1.165) is 17.9 Å². The van der Waals surface area contributed by atoms with Crippen molar-refractivity contribution in [2.75, 3.05) is 0 Å². The number of nitrogens with one attached hydrogen (secondary N) is 1. The van der Waals surface area contributed by atoms with E-state index in [0.29, 0.717) is 12.1 Å². The SMILES string of the molecule is CC(C)N[C@@H](ON1C2CCCC1C2=Cc1ccc(Cl)cc1)[C@@H](C)O. The molecule has 0 radical (unpaired) electrons. The Kier molecular flexibility index (Phi) is 5.63. The Labute approximate surface area is 149 Å². The van der Waals surface area contributed by atoms with Crippen LogP contribution in [-0.4, -0.2) is 40.6 Å². The number of hydrogen-bond donors (Lipinski definition) is 2. The van der Waals surface area contributed by atoms with Gasteiger partial charge in [0.15, 0.2) is 6.23 Å². The maximum atomic E-state index is 9.98. The van der Waals surface area contributed by atoms with Gasteiger partial charge < -0.3 is 5.11 Å². The molecule has 5 heteroatoms. The van der Waals surface area contributed by atoms with Crippen LogP contribution < -0.4 is 5.32 Å². The van der Waals surface area contributed by atoms with E-state index in [4.69, 9.17) is 16.4 Å². The number of aliphatic hydroxyl groups excluding tert-OH is 1. The van der Waals surface area contributed by atoms with Gasteiger partial charge in [-0.1, -0.05) is 29.8 Å². The molecule has 3 rings (SSSR count). The van der Waals surface area contributed by atoms with Gasteiger partial charge in [0.25, 0.3) is 0 Å². The van der Waals surface area contributed by atoms with Crippen molar-refractivity contribution in [3.63, 3.8) is 0 Å². The lowest BCUT2D eigenvalue weighted by Gasteiger charge is -2.55. The van der Waals surface area contributed by atoms with Crippen LogP contribution in [0.4, 0.5) is 0 Å². The van der Waals surface area contributed by atoms with Crippen molar-refractivity contribution >= 4 is 17.7 Å². The maximum Gasteiger partial charge on any atom is 0.156 e. The molecule has 2 bridgehead atoms. The van der Waals surface area contributed by atoms with Crippen LogP contribution >= 0.6 is 11.6 Å². The van der Waals surface area contributed by atoms with E-state index in [9.17, 15) is 5.11 Å². The lowest BCUT2D eigenvalue weighted by atomic mass is 9.76. The molecule has 4 nitrogen and oxygen atoms in total. The molecule has 0 amide bonds. The molecule has 2 fully saturated rings. The van der Waals surface area contributed by atoms with Gasteiger partial charge >= 0.3 is 0 Å². The largest absolute Gasteiger partial charge is 0.389 e. The van der Waals surface area contributed by atoms with Crippen molar-refractivity contribution < 1.29 is 9.94 Å². The van der Waals surface area contributed by atoms with Crippen molar-refractivity contribution in [2.45, 2.75) is 70.5 Å². The fourth-order valence-electron chi connectivity index (χ4n) is 3.55. The zero-order chi connectivity index (χ0) is 17.3. The van der Waals surface area contributed by atoms with E-state index < -0.39 is 6.10 Å². The molecule has 2 unspecified atom stereocenters. The first-order valence-electron chi connectivity index (χ1n) is 8.82.